The van der Waals surface area contributed by atoms with E-state index >= 15 is 0 Å². The molecule has 1 atom stereocenters. The van der Waals surface area contributed by atoms with Gasteiger partial charge in [0, 0.05) is 18.2 Å². The van der Waals surface area contributed by atoms with Crippen LogP contribution in [0.2, 0.25) is 0 Å². The molecule has 0 fully saturated rings. The minimum absolute atomic E-state index is 0.0136. The van der Waals surface area contributed by atoms with Gasteiger partial charge in [-0.15, -0.1) is 0 Å². The molecule has 1 unspecified atom stereocenters. The molecule has 1 aliphatic carbocycles. The van der Waals surface area contributed by atoms with Gasteiger partial charge in [0.15, 0.2) is 0 Å². The third-order valence-electron chi connectivity index (χ3n) is 3.70. The van der Waals surface area contributed by atoms with Gasteiger partial charge < -0.3 is 11.1 Å². The molecular formula is C17H26N2O. The van der Waals surface area contributed by atoms with E-state index in [9.17, 15) is 4.79 Å². The van der Waals surface area contributed by atoms with Gasteiger partial charge in [0.2, 0.25) is 5.91 Å². The van der Waals surface area contributed by atoms with Crippen LogP contribution in [0.4, 0.5) is 5.69 Å². The lowest BCUT2D eigenvalue weighted by molar-refractivity contribution is -0.116. The Morgan fingerprint density at radius 2 is 2.00 bits per heavy atom. The average Bonchev–Trinajstić information content (AvgIpc) is 2.72. The lowest BCUT2D eigenvalue weighted by Crippen LogP contribution is -2.31. The van der Waals surface area contributed by atoms with Crippen LogP contribution < -0.4 is 11.1 Å². The van der Waals surface area contributed by atoms with E-state index in [4.69, 9.17) is 5.73 Å². The van der Waals surface area contributed by atoms with E-state index in [2.05, 4.69) is 38.2 Å². The number of benzene rings is 1. The number of anilines is 1. The molecule has 1 aliphatic rings. The fourth-order valence-electron chi connectivity index (χ4n) is 2.96. The van der Waals surface area contributed by atoms with Gasteiger partial charge in [0.05, 0.1) is 0 Å². The zero-order chi connectivity index (χ0) is 14.8. The monoisotopic (exact) mass is 274 g/mol. The number of amides is 1. The van der Waals surface area contributed by atoms with Crippen molar-refractivity contribution in [3.8, 4) is 0 Å². The van der Waals surface area contributed by atoms with Crippen molar-refractivity contribution < 1.29 is 4.79 Å². The number of nitrogens with two attached hydrogens (primary N) is 1. The summed E-state index contributed by atoms with van der Waals surface area (Å²) < 4.78 is 0. The normalized spacial score (nSPS) is 15.8. The summed E-state index contributed by atoms with van der Waals surface area (Å²) in [6.07, 6.45) is 4.75. The van der Waals surface area contributed by atoms with Crippen molar-refractivity contribution in [1.29, 1.82) is 0 Å². The zero-order valence-electron chi connectivity index (χ0n) is 12.8. The van der Waals surface area contributed by atoms with Crippen molar-refractivity contribution in [3.63, 3.8) is 0 Å². The molecule has 0 bridgehead atoms. The second-order valence-corrected chi connectivity index (χ2v) is 7.11. The first-order valence-electron chi connectivity index (χ1n) is 7.51. The maximum absolute atomic E-state index is 12.0. The molecule has 0 spiro atoms. The Morgan fingerprint density at radius 1 is 1.30 bits per heavy atom. The molecule has 20 heavy (non-hydrogen) atoms. The molecule has 0 radical (unpaired) electrons. The summed E-state index contributed by atoms with van der Waals surface area (Å²) in [5.41, 5.74) is 9.91. The molecule has 3 N–H and O–H groups in total. The third-order valence-corrected chi connectivity index (χ3v) is 3.70. The summed E-state index contributed by atoms with van der Waals surface area (Å²) in [5, 5.41) is 2.97. The molecule has 3 nitrogen and oxygen atoms in total. The summed E-state index contributed by atoms with van der Waals surface area (Å²) in [6, 6.07) is 6.16. The second-order valence-electron chi connectivity index (χ2n) is 7.11. The van der Waals surface area contributed by atoms with Gasteiger partial charge in [-0.2, -0.15) is 0 Å². The van der Waals surface area contributed by atoms with E-state index < -0.39 is 0 Å². The van der Waals surface area contributed by atoms with E-state index in [1.54, 1.807) is 0 Å². The fourth-order valence-corrected chi connectivity index (χ4v) is 2.96. The molecule has 2 rings (SSSR count). The summed E-state index contributed by atoms with van der Waals surface area (Å²) in [6.45, 7) is 6.43. The molecule has 110 valence electrons. The van der Waals surface area contributed by atoms with Gasteiger partial charge in [-0.05, 0) is 54.4 Å². The number of rotatable bonds is 4. The van der Waals surface area contributed by atoms with Crippen LogP contribution in [-0.4, -0.2) is 11.9 Å². The molecule has 0 saturated heterocycles. The largest absolute Gasteiger partial charge is 0.327 e. The first-order chi connectivity index (χ1) is 9.33. The van der Waals surface area contributed by atoms with E-state index in [-0.39, 0.29) is 17.4 Å². The quantitative estimate of drug-likeness (QED) is 0.885. The standard InChI is InChI=1S/C17H26N2O/c1-17(2,3)11-14(18)10-16(20)19-15-8-7-12-5-4-6-13(12)9-15/h7-9,14H,4-6,10-11,18H2,1-3H3,(H,19,20). The zero-order valence-corrected chi connectivity index (χ0v) is 12.8. The number of hydrogen-bond acceptors (Lipinski definition) is 2. The Balaban J connectivity index is 1.88. The summed E-state index contributed by atoms with van der Waals surface area (Å²) >= 11 is 0. The first-order valence-corrected chi connectivity index (χ1v) is 7.51. The highest BCUT2D eigenvalue weighted by molar-refractivity contribution is 5.91. The van der Waals surface area contributed by atoms with Gasteiger partial charge in [-0.3, -0.25) is 4.79 Å². The van der Waals surface area contributed by atoms with Crippen molar-refractivity contribution in [2.45, 2.75) is 58.9 Å². The van der Waals surface area contributed by atoms with Crippen LogP contribution in [0.15, 0.2) is 18.2 Å². The van der Waals surface area contributed by atoms with Gasteiger partial charge in [0.25, 0.3) is 0 Å². The minimum Gasteiger partial charge on any atom is -0.327 e. The van der Waals surface area contributed by atoms with E-state index in [1.165, 1.54) is 24.0 Å². The molecule has 0 saturated carbocycles. The second kappa shape index (κ2) is 5.96. The average molecular weight is 274 g/mol. The van der Waals surface area contributed by atoms with E-state index in [1.807, 2.05) is 6.07 Å². The highest BCUT2D eigenvalue weighted by atomic mass is 16.1. The third kappa shape index (κ3) is 4.34. The van der Waals surface area contributed by atoms with Crippen LogP contribution in [0.3, 0.4) is 0 Å². The Kier molecular flexibility index (Phi) is 4.48. The van der Waals surface area contributed by atoms with Crippen molar-refractivity contribution in [2.24, 2.45) is 11.1 Å². The van der Waals surface area contributed by atoms with Crippen molar-refractivity contribution in [1.82, 2.24) is 0 Å². The number of hydrogen-bond donors (Lipinski definition) is 2. The predicted molar refractivity (Wildman–Crippen MR) is 83.8 cm³/mol. The first kappa shape index (κ1) is 15.0. The van der Waals surface area contributed by atoms with E-state index in [0.717, 1.165) is 18.5 Å². The van der Waals surface area contributed by atoms with Gasteiger partial charge in [0.1, 0.15) is 0 Å². The van der Waals surface area contributed by atoms with Crippen molar-refractivity contribution in [3.05, 3.63) is 29.3 Å². The number of carbonyl (C=O) groups is 1. The SMILES string of the molecule is CC(C)(C)CC(N)CC(=O)Nc1ccc2c(c1)CCC2. The predicted octanol–water partition coefficient (Wildman–Crippen LogP) is 3.27. The molecule has 0 heterocycles. The summed E-state index contributed by atoms with van der Waals surface area (Å²) in [5.74, 6) is 0.0136. The molecule has 0 aromatic heterocycles. The van der Waals surface area contributed by atoms with Crippen LogP contribution in [0, 0.1) is 5.41 Å². The van der Waals surface area contributed by atoms with Crippen LogP contribution in [0.5, 0.6) is 0 Å². The molecule has 1 aromatic carbocycles. The van der Waals surface area contributed by atoms with Crippen LogP contribution in [0.25, 0.3) is 0 Å². The molecular weight excluding hydrogens is 248 g/mol. The molecule has 1 amide bonds. The maximum atomic E-state index is 12.0. The number of nitrogens with one attached hydrogen (secondary N) is 1. The number of fused-ring (bicyclic) bond motifs is 1. The Morgan fingerprint density at radius 3 is 2.70 bits per heavy atom. The fraction of sp³-hybridized carbons (Fsp3) is 0.588. The molecule has 1 aromatic rings. The maximum Gasteiger partial charge on any atom is 0.225 e. The Bertz CT molecular complexity index is 488. The lowest BCUT2D eigenvalue weighted by atomic mass is 9.87. The highest BCUT2D eigenvalue weighted by Gasteiger charge is 2.18. The smallest absolute Gasteiger partial charge is 0.225 e. The van der Waals surface area contributed by atoms with E-state index in [0.29, 0.717) is 6.42 Å². The molecule has 3 heteroatoms. The topological polar surface area (TPSA) is 55.1 Å². The summed E-state index contributed by atoms with van der Waals surface area (Å²) in [7, 11) is 0. The highest BCUT2D eigenvalue weighted by Crippen LogP contribution is 2.25. The minimum atomic E-state index is -0.0792. The summed E-state index contributed by atoms with van der Waals surface area (Å²) in [4.78, 5) is 12.0. The van der Waals surface area contributed by atoms with Gasteiger partial charge in [-0.1, -0.05) is 26.8 Å². The van der Waals surface area contributed by atoms with Crippen molar-refractivity contribution in [2.75, 3.05) is 5.32 Å². The van der Waals surface area contributed by atoms with Crippen LogP contribution >= 0.6 is 0 Å². The van der Waals surface area contributed by atoms with Crippen LogP contribution in [-0.2, 0) is 17.6 Å². The van der Waals surface area contributed by atoms with Gasteiger partial charge >= 0.3 is 0 Å². The Hall–Kier alpha value is -1.35. The van der Waals surface area contributed by atoms with Crippen LogP contribution in [0.1, 0.15) is 51.2 Å². The number of aryl methyl sites for hydroxylation is 2. The van der Waals surface area contributed by atoms with Gasteiger partial charge in [-0.25, -0.2) is 0 Å². The Labute approximate surface area is 121 Å². The van der Waals surface area contributed by atoms with Crippen molar-refractivity contribution >= 4 is 11.6 Å². The molecule has 0 aliphatic heterocycles. The lowest BCUT2D eigenvalue weighted by Gasteiger charge is -2.22. The number of carbonyl (C=O) groups excluding carboxylic acids is 1.